The number of hydrogen-bond acceptors (Lipinski definition) is 7. The zero-order valence-corrected chi connectivity index (χ0v) is 12.9. The van der Waals surface area contributed by atoms with Crippen molar-refractivity contribution in [3.63, 3.8) is 0 Å². The smallest absolute Gasteiger partial charge is 0.311 e. The Balaban J connectivity index is 1.61. The van der Waals surface area contributed by atoms with E-state index in [1.54, 1.807) is 24.5 Å². The highest BCUT2D eigenvalue weighted by Gasteiger charge is 2.23. The number of nitrogens with one attached hydrogen (secondary N) is 1. The lowest BCUT2D eigenvalue weighted by molar-refractivity contribution is -0.384. The predicted molar refractivity (Wildman–Crippen MR) is 88.7 cm³/mol. The highest BCUT2D eigenvalue weighted by molar-refractivity contribution is 5.55. The lowest BCUT2D eigenvalue weighted by Crippen LogP contribution is -2.39. The van der Waals surface area contributed by atoms with Crippen LogP contribution in [0, 0.1) is 21.4 Å². The second-order valence-electron chi connectivity index (χ2n) is 5.55. The Bertz CT molecular complexity index is 763. The molecule has 2 aromatic rings. The highest BCUT2D eigenvalue weighted by atomic mass is 16.6. The highest BCUT2D eigenvalue weighted by Crippen LogP contribution is 2.25. The molecule has 0 unspecified atom stereocenters. The first-order valence-electron chi connectivity index (χ1n) is 7.64. The van der Waals surface area contributed by atoms with Crippen molar-refractivity contribution in [3.05, 3.63) is 52.3 Å². The molecular formula is C16H16N6O2. The maximum Gasteiger partial charge on any atom is 0.311 e. The summed E-state index contributed by atoms with van der Waals surface area (Å²) in [6.07, 6.45) is 4.77. The largest absolute Gasteiger partial charge is 0.361 e. The normalized spacial score (nSPS) is 14.9. The predicted octanol–water partition coefficient (Wildman–Crippen LogP) is 2.34. The molecule has 0 bridgehead atoms. The Morgan fingerprint density at radius 3 is 2.71 bits per heavy atom. The summed E-state index contributed by atoms with van der Waals surface area (Å²) in [5, 5.41) is 23.0. The van der Waals surface area contributed by atoms with Gasteiger partial charge in [0.25, 0.3) is 0 Å². The van der Waals surface area contributed by atoms with Gasteiger partial charge in [0, 0.05) is 37.6 Å². The van der Waals surface area contributed by atoms with Crippen molar-refractivity contribution in [2.45, 2.75) is 18.9 Å². The summed E-state index contributed by atoms with van der Waals surface area (Å²) in [7, 11) is 0. The maximum absolute atomic E-state index is 11.0. The quantitative estimate of drug-likeness (QED) is 0.679. The van der Waals surface area contributed by atoms with Crippen molar-refractivity contribution in [2.24, 2.45) is 0 Å². The molecule has 8 nitrogen and oxygen atoms in total. The van der Waals surface area contributed by atoms with Gasteiger partial charge >= 0.3 is 5.69 Å². The van der Waals surface area contributed by atoms with Gasteiger partial charge in [0.05, 0.1) is 10.5 Å². The summed E-state index contributed by atoms with van der Waals surface area (Å²) in [6.45, 7) is 1.58. The molecule has 0 atom stereocenters. The first-order valence-corrected chi connectivity index (χ1v) is 7.64. The molecule has 8 heteroatoms. The molecule has 1 fully saturated rings. The molecule has 0 amide bonds. The van der Waals surface area contributed by atoms with Crippen LogP contribution in [0.3, 0.4) is 0 Å². The van der Waals surface area contributed by atoms with Gasteiger partial charge in [-0.3, -0.25) is 10.1 Å². The third-order valence-corrected chi connectivity index (χ3v) is 4.02. The van der Waals surface area contributed by atoms with Crippen LogP contribution in [0.4, 0.5) is 17.3 Å². The van der Waals surface area contributed by atoms with Gasteiger partial charge in [0.15, 0.2) is 0 Å². The maximum atomic E-state index is 11.0. The van der Waals surface area contributed by atoms with Crippen LogP contribution in [0.5, 0.6) is 0 Å². The van der Waals surface area contributed by atoms with E-state index in [0.29, 0.717) is 11.4 Å². The number of pyridine rings is 2. The number of nitriles is 1. The van der Waals surface area contributed by atoms with Gasteiger partial charge in [0.1, 0.15) is 11.9 Å². The molecule has 1 aliphatic rings. The zero-order chi connectivity index (χ0) is 16.9. The summed E-state index contributed by atoms with van der Waals surface area (Å²) >= 11 is 0. The Labute approximate surface area is 138 Å². The van der Waals surface area contributed by atoms with E-state index < -0.39 is 4.92 Å². The van der Waals surface area contributed by atoms with E-state index in [0.717, 1.165) is 31.7 Å². The molecule has 0 spiro atoms. The van der Waals surface area contributed by atoms with Gasteiger partial charge in [-0.25, -0.2) is 9.97 Å². The average molecular weight is 324 g/mol. The van der Waals surface area contributed by atoms with Crippen LogP contribution < -0.4 is 10.2 Å². The number of anilines is 2. The van der Waals surface area contributed by atoms with E-state index >= 15 is 0 Å². The molecule has 0 aromatic carbocycles. The van der Waals surface area contributed by atoms with Crippen LogP contribution in [-0.4, -0.2) is 34.0 Å². The first kappa shape index (κ1) is 15.7. The van der Waals surface area contributed by atoms with Gasteiger partial charge in [-0.2, -0.15) is 5.26 Å². The van der Waals surface area contributed by atoms with Gasteiger partial charge in [-0.1, -0.05) is 0 Å². The Morgan fingerprint density at radius 2 is 2.08 bits per heavy atom. The van der Waals surface area contributed by atoms with Crippen LogP contribution in [-0.2, 0) is 0 Å². The summed E-state index contributed by atoms with van der Waals surface area (Å²) in [5.41, 5.74) is 0.534. The van der Waals surface area contributed by atoms with Gasteiger partial charge in [-0.05, 0) is 31.0 Å². The summed E-state index contributed by atoms with van der Waals surface area (Å²) < 4.78 is 0. The van der Waals surface area contributed by atoms with E-state index in [2.05, 4.69) is 26.3 Å². The number of rotatable bonds is 4. The van der Waals surface area contributed by atoms with Crippen LogP contribution in [0.25, 0.3) is 0 Å². The Hall–Kier alpha value is -3.21. The number of nitrogens with zero attached hydrogens (tertiary/aromatic N) is 5. The number of nitro groups is 1. The van der Waals surface area contributed by atoms with E-state index in [4.69, 9.17) is 5.26 Å². The van der Waals surface area contributed by atoms with Crippen molar-refractivity contribution >= 4 is 17.3 Å². The molecule has 122 valence electrons. The molecule has 24 heavy (non-hydrogen) atoms. The molecule has 1 saturated heterocycles. The lowest BCUT2D eigenvalue weighted by Gasteiger charge is -2.33. The minimum absolute atomic E-state index is 0.00584. The standard InChI is InChI=1S/C16H16N6O2/c17-10-12-3-4-15(19-11-12)21-8-5-13(6-9-21)20-16-14(22(23)24)2-1-7-18-16/h1-4,7,11,13H,5-6,8-9H2,(H,18,20). The molecule has 1 aliphatic heterocycles. The molecule has 2 aromatic heterocycles. The monoisotopic (exact) mass is 324 g/mol. The zero-order valence-electron chi connectivity index (χ0n) is 12.9. The molecule has 0 radical (unpaired) electrons. The fourth-order valence-corrected chi connectivity index (χ4v) is 2.74. The van der Waals surface area contributed by atoms with E-state index in [9.17, 15) is 10.1 Å². The molecule has 3 rings (SSSR count). The van der Waals surface area contributed by atoms with Crippen LogP contribution >= 0.6 is 0 Å². The van der Waals surface area contributed by atoms with Crippen LogP contribution in [0.15, 0.2) is 36.7 Å². The van der Waals surface area contributed by atoms with Crippen molar-refractivity contribution in [3.8, 4) is 6.07 Å². The number of hydrogen-bond donors (Lipinski definition) is 1. The fraction of sp³-hybridized carbons (Fsp3) is 0.312. The molecule has 0 aliphatic carbocycles. The minimum atomic E-state index is -0.425. The van der Waals surface area contributed by atoms with Crippen molar-refractivity contribution < 1.29 is 4.92 Å². The minimum Gasteiger partial charge on any atom is -0.361 e. The summed E-state index contributed by atoms with van der Waals surface area (Å²) in [6, 6.07) is 8.79. The molecular weight excluding hydrogens is 308 g/mol. The first-order chi connectivity index (χ1) is 11.7. The van der Waals surface area contributed by atoms with Gasteiger partial charge in [-0.15, -0.1) is 0 Å². The molecule has 0 saturated carbocycles. The Kier molecular flexibility index (Phi) is 4.52. The van der Waals surface area contributed by atoms with Crippen molar-refractivity contribution in [2.75, 3.05) is 23.3 Å². The van der Waals surface area contributed by atoms with Crippen molar-refractivity contribution in [1.29, 1.82) is 5.26 Å². The third kappa shape index (κ3) is 3.41. The topological polar surface area (TPSA) is 108 Å². The van der Waals surface area contributed by atoms with Crippen molar-refractivity contribution in [1.82, 2.24) is 9.97 Å². The Morgan fingerprint density at radius 1 is 1.29 bits per heavy atom. The number of piperidine rings is 1. The molecule has 1 N–H and O–H groups in total. The average Bonchev–Trinajstić information content (AvgIpc) is 2.63. The summed E-state index contributed by atoms with van der Waals surface area (Å²) in [5.74, 6) is 1.16. The van der Waals surface area contributed by atoms with E-state index in [-0.39, 0.29) is 11.7 Å². The SMILES string of the molecule is N#Cc1ccc(N2CCC(Nc3ncccc3[N+](=O)[O-])CC2)nc1. The number of aromatic nitrogens is 2. The van der Waals surface area contributed by atoms with Gasteiger partial charge < -0.3 is 10.2 Å². The fourth-order valence-electron chi connectivity index (χ4n) is 2.74. The second kappa shape index (κ2) is 6.91. The van der Waals surface area contributed by atoms with E-state index in [1.165, 1.54) is 6.07 Å². The summed E-state index contributed by atoms with van der Waals surface area (Å²) in [4.78, 5) is 21.1. The third-order valence-electron chi connectivity index (χ3n) is 4.02. The van der Waals surface area contributed by atoms with Crippen LogP contribution in [0.1, 0.15) is 18.4 Å². The second-order valence-corrected chi connectivity index (χ2v) is 5.55. The molecule has 3 heterocycles. The van der Waals surface area contributed by atoms with Gasteiger partial charge in [0.2, 0.25) is 5.82 Å². The van der Waals surface area contributed by atoms with Crippen LogP contribution in [0.2, 0.25) is 0 Å². The lowest BCUT2D eigenvalue weighted by atomic mass is 10.0. The van der Waals surface area contributed by atoms with E-state index in [1.807, 2.05) is 6.07 Å².